The second kappa shape index (κ2) is 10.5. The fourth-order valence-corrected chi connectivity index (χ4v) is 2.94. The number of hydrogen-bond acceptors (Lipinski definition) is 4. The van der Waals surface area contributed by atoms with Crippen LogP contribution in [-0.4, -0.2) is 24.2 Å². The Kier molecular flexibility index (Phi) is 8.02. The van der Waals surface area contributed by atoms with Crippen molar-refractivity contribution < 1.29 is 14.3 Å². The number of benzene rings is 2. The Balaban J connectivity index is 1.80. The Morgan fingerprint density at radius 3 is 2.50 bits per heavy atom. The van der Waals surface area contributed by atoms with Crippen LogP contribution in [0, 0.1) is 0 Å². The second-order valence-electron chi connectivity index (χ2n) is 5.77. The van der Waals surface area contributed by atoms with E-state index < -0.39 is 0 Å². The molecule has 0 saturated heterocycles. The van der Waals surface area contributed by atoms with Gasteiger partial charge in [0, 0.05) is 23.2 Å². The Morgan fingerprint density at radius 2 is 1.81 bits per heavy atom. The molecule has 2 aromatic rings. The van der Waals surface area contributed by atoms with E-state index in [1.54, 1.807) is 0 Å². The van der Waals surface area contributed by atoms with Gasteiger partial charge in [-0.2, -0.15) is 0 Å². The molecular weight excluding hydrogens is 348 g/mol. The maximum Gasteiger partial charge on any atom is 0.234 e. The third kappa shape index (κ3) is 7.19. The summed E-state index contributed by atoms with van der Waals surface area (Å²) in [6.07, 6.45) is 2.12. The number of carbonyl (C=O) groups is 2. The summed E-state index contributed by atoms with van der Waals surface area (Å²) < 4.78 is 5.60. The summed E-state index contributed by atoms with van der Waals surface area (Å²) in [6.45, 7) is 4.29. The third-order valence-electron chi connectivity index (χ3n) is 3.43. The summed E-state index contributed by atoms with van der Waals surface area (Å²) in [4.78, 5) is 24.1. The number of unbranched alkanes of at least 4 members (excludes halogenated alkanes) is 1. The average molecular weight is 372 g/mol. The lowest BCUT2D eigenvalue weighted by Crippen LogP contribution is -2.14. The lowest BCUT2D eigenvalue weighted by Gasteiger charge is -2.08. The smallest absolute Gasteiger partial charge is 0.234 e. The minimum Gasteiger partial charge on any atom is -0.494 e. The van der Waals surface area contributed by atoms with Crippen LogP contribution in [0.3, 0.4) is 0 Å². The minimum atomic E-state index is -0.119. The van der Waals surface area contributed by atoms with Gasteiger partial charge >= 0.3 is 0 Å². The number of ether oxygens (including phenoxy) is 1. The minimum absolute atomic E-state index is 0.0837. The van der Waals surface area contributed by atoms with E-state index in [9.17, 15) is 9.59 Å². The molecule has 0 bridgehead atoms. The summed E-state index contributed by atoms with van der Waals surface area (Å²) >= 11 is 1.42. The number of carbonyl (C=O) groups excluding carboxylic acids is 2. The molecule has 0 atom stereocenters. The summed E-state index contributed by atoms with van der Waals surface area (Å²) in [5.41, 5.74) is 1.46. The van der Waals surface area contributed by atoms with Gasteiger partial charge in [0.2, 0.25) is 11.8 Å². The van der Waals surface area contributed by atoms with E-state index >= 15 is 0 Å². The first kappa shape index (κ1) is 19.8. The Morgan fingerprint density at radius 1 is 1.04 bits per heavy atom. The van der Waals surface area contributed by atoms with Crippen molar-refractivity contribution in [1.82, 2.24) is 0 Å². The molecule has 0 aromatic heterocycles. The van der Waals surface area contributed by atoms with E-state index in [0.717, 1.165) is 34.9 Å². The highest BCUT2D eigenvalue weighted by Crippen LogP contribution is 2.22. The van der Waals surface area contributed by atoms with Crippen molar-refractivity contribution in [1.29, 1.82) is 0 Å². The van der Waals surface area contributed by atoms with Crippen LogP contribution in [0.15, 0.2) is 53.4 Å². The SMILES string of the molecule is CCCCOc1ccc(NC(=O)CSc2cccc(NC(C)=O)c2)cc1. The van der Waals surface area contributed by atoms with Gasteiger partial charge in [0.15, 0.2) is 0 Å². The van der Waals surface area contributed by atoms with Gasteiger partial charge in [0.1, 0.15) is 5.75 Å². The van der Waals surface area contributed by atoms with Crippen LogP contribution in [-0.2, 0) is 9.59 Å². The number of rotatable bonds is 9. The number of amides is 2. The van der Waals surface area contributed by atoms with Crippen molar-refractivity contribution >= 4 is 35.0 Å². The van der Waals surface area contributed by atoms with Crippen LogP contribution in [0.1, 0.15) is 26.7 Å². The van der Waals surface area contributed by atoms with Crippen LogP contribution in [0.25, 0.3) is 0 Å². The van der Waals surface area contributed by atoms with Gasteiger partial charge in [-0.3, -0.25) is 9.59 Å². The molecule has 2 N–H and O–H groups in total. The van der Waals surface area contributed by atoms with Crippen LogP contribution >= 0.6 is 11.8 Å². The molecule has 0 fully saturated rings. The van der Waals surface area contributed by atoms with Crippen molar-refractivity contribution in [3.8, 4) is 5.75 Å². The van der Waals surface area contributed by atoms with Gasteiger partial charge in [-0.25, -0.2) is 0 Å². The highest BCUT2D eigenvalue weighted by Gasteiger charge is 2.05. The first-order chi connectivity index (χ1) is 12.6. The molecule has 0 unspecified atom stereocenters. The first-order valence-electron chi connectivity index (χ1n) is 8.60. The molecule has 0 aliphatic carbocycles. The number of hydrogen-bond donors (Lipinski definition) is 2. The highest BCUT2D eigenvalue weighted by molar-refractivity contribution is 8.00. The van der Waals surface area contributed by atoms with E-state index in [0.29, 0.717) is 6.61 Å². The van der Waals surface area contributed by atoms with E-state index in [1.807, 2.05) is 48.5 Å². The Labute approximate surface area is 158 Å². The summed E-state index contributed by atoms with van der Waals surface area (Å²) in [7, 11) is 0. The summed E-state index contributed by atoms with van der Waals surface area (Å²) in [5.74, 6) is 0.894. The maximum atomic E-state index is 12.1. The zero-order valence-corrected chi connectivity index (χ0v) is 15.9. The van der Waals surface area contributed by atoms with Crippen LogP contribution < -0.4 is 15.4 Å². The molecule has 0 aliphatic heterocycles. The second-order valence-corrected chi connectivity index (χ2v) is 6.82. The lowest BCUT2D eigenvalue weighted by molar-refractivity contribution is -0.114. The molecule has 138 valence electrons. The lowest BCUT2D eigenvalue weighted by atomic mass is 10.3. The Hall–Kier alpha value is -2.47. The zero-order chi connectivity index (χ0) is 18.8. The highest BCUT2D eigenvalue weighted by atomic mass is 32.2. The van der Waals surface area contributed by atoms with Crippen molar-refractivity contribution in [3.05, 3.63) is 48.5 Å². The largest absolute Gasteiger partial charge is 0.494 e. The predicted octanol–water partition coefficient (Wildman–Crippen LogP) is 4.55. The van der Waals surface area contributed by atoms with Crippen LogP contribution in [0.5, 0.6) is 5.75 Å². The monoisotopic (exact) mass is 372 g/mol. The predicted molar refractivity (Wildman–Crippen MR) is 107 cm³/mol. The Bertz CT molecular complexity index is 732. The molecule has 6 heteroatoms. The zero-order valence-electron chi connectivity index (χ0n) is 15.1. The van der Waals surface area contributed by atoms with E-state index in [-0.39, 0.29) is 17.6 Å². The molecular formula is C20H24N2O3S. The van der Waals surface area contributed by atoms with Crippen LogP contribution in [0.2, 0.25) is 0 Å². The van der Waals surface area contributed by atoms with Gasteiger partial charge in [0.25, 0.3) is 0 Å². The standard InChI is InChI=1S/C20H24N2O3S/c1-3-4-12-25-18-10-8-16(9-11-18)22-20(24)14-26-19-7-5-6-17(13-19)21-15(2)23/h5-11,13H,3-4,12,14H2,1-2H3,(H,21,23)(H,22,24). The topological polar surface area (TPSA) is 67.4 Å². The first-order valence-corrected chi connectivity index (χ1v) is 9.58. The van der Waals surface area contributed by atoms with E-state index in [4.69, 9.17) is 4.74 Å². The fourth-order valence-electron chi connectivity index (χ4n) is 2.18. The molecule has 2 aromatic carbocycles. The van der Waals surface area contributed by atoms with E-state index in [2.05, 4.69) is 17.6 Å². The fraction of sp³-hybridized carbons (Fsp3) is 0.300. The number of thioether (sulfide) groups is 1. The van der Waals surface area contributed by atoms with Gasteiger partial charge in [0.05, 0.1) is 12.4 Å². The molecule has 0 saturated carbocycles. The van der Waals surface area contributed by atoms with Crippen LogP contribution in [0.4, 0.5) is 11.4 Å². The summed E-state index contributed by atoms with van der Waals surface area (Å²) in [6, 6.07) is 14.8. The van der Waals surface area contributed by atoms with Crippen molar-refractivity contribution in [3.63, 3.8) is 0 Å². The molecule has 0 spiro atoms. The average Bonchev–Trinajstić information content (AvgIpc) is 2.61. The molecule has 0 aliphatic rings. The van der Waals surface area contributed by atoms with Gasteiger partial charge in [-0.1, -0.05) is 19.4 Å². The quantitative estimate of drug-likeness (QED) is 0.500. The maximum absolute atomic E-state index is 12.1. The van der Waals surface area contributed by atoms with Crippen molar-refractivity contribution in [2.75, 3.05) is 23.0 Å². The molecule has 0 radical (unpaired) electrons. The van der Waals surface area contributed by atoms with Gasteiger partial charge < -0.3 is 15.4 Å². The van der Waals surface area contributed by atoms with Gasteiger partial charge in [-0.15, -0.1) is 11.8 Å². The number of nitrogens with one attached hydrogen (secondary N) is 2. The van der Waals surface area contributed by atoms with E-state index in [1.165, 1.54) is 18.7 Å². The van der Waals surface area contributed by atoms with Gasteiger partial charge in [-0.05, 0) is 48.9 Å². The molecule has 2 rings (SSSR count). The summed E-state index contributed by atoms with van der Waals surface area (Å²) in [5, 5.41) is 5.60. The van der Waals surface area contributed by atoms with Crippen molar-refractivity contribution in [2.45, 2.75) is 31.6 Å². The third-order valence-corrected chi connectivity index (χ3v) is 4.42. The molecule has 2 amide bonds. The molecule has 26 heavy (non-hydrogen) atoms. The molecule has 0 heterocycles. The van der Waals surface area contributed by atoms with Crippen molar-refractivity contribution in [2.24, 2.45) is 0 Å². The number of anilines is 2. The normalized spacial score (nSPS) is 10.2. The molecule has 5 nitrogen and oxygen atoms in total.